The van der Waals surface area contributed by atoms with E-state index in [9.17, 15) is 4.79 Å². The molecule has 39 heavy (non-hydrogen) atoms. The first-order valence-electron chi connectivity index (χ1n) is 12.2. The lowest BCUT2D eigenvalue weighted by molar-refractivity contribution is -0.113. The van der Waals surface area contributed by atoms with Crippen molar-refractivity contribution in [3.8, 4) is 17.1 Å². The molecule has 0 spiro atoms. The van der Waals surface area contributed by atoms with Gasteiger partial charge in [0, 0.05) is 43.2 Å². The molecule has 0 unspecified atom stereocenters. The Morgan fingerprint density at radius 3 is 2.46 bits per heavy atom. The quantitative estimate of drug-likeness (QED) is 0.182. The van der Waals surface area contributed by atoms with Crippen LogP contribution in [0.2, 0.25) is 5.02 Å². The summed E-state index contributed by atoms with van der Waals surface area (Å²) in [4.78, 5) is 18.4. The summed E-state index contributed by atoms with van der Waals surface area (Å²) in [7, 11) is 0. The summed E-state index contributed by atoms with van der Waals surface area (Å²) >= 11 is 8.95. The number of thioether (sulfide) groups is 1. The molecule has 192 valence electrons. The third-order valence-electron chi connectivity index (χ3n) is 6.01. The molecule has 6 rings (SSSR count). The number of hydrogen-bond donors (Lipinski definition) is 2. The van der Waals surface area contributed by atoms with Gasteiger partial charge in [-0.3, -0.25) is 9.36 Å². The number of nitrogens with zero attached hydrogens (tertiary/aromatic N) is 3. The highest BCUT2D eigenvalue weighted by Crippen LogP contribution is 2.35. The molecule has 0 saturated heterocycles. The van der Waals surface area contributed by atoms with Gasteiger partial charge in [-0.05, 0) is 54.6 Å². The van der Waals surface area contributed by atoms with Crippen LogP contribution in [0.25, 0.3) is 28.0 Å². The molecule has 0 atom stereocenters. The number of rotatable bonds is 8. The Labute approximate surface area is 238 Å². The summed E-state index contributed by atoms with van der Waals surface area (Å²) in [6, 6.07) is 33.4. The number of amides is 1. The highest BCUT2D eigenvalue weighted by Gasteiger charge is 2.20. The molecule has 2 N–H and O–H groups in total. The van der Waals surface area contributed by atoms with Crippen molar-refractivity contribution >= 4 is 57.6 Å². The Kier molecular flexibility index (Phi) is 7.40. The summed E-state index contributed by atoms with van der Waals surface area (Å²) < 4.78 is 2.00. The predicted octanol–water partition coefficient (Wildman–Crippen LogP) is 7.95. The van der Waals surface area contributed by atoms with E-state index in [0.717, 1.165) is 37.6 Å². The van der Waals surface area contributed by atoms with Gasteiger partial charge in [0.2, 0.25) is 5.91 Å². The SMILES string of the molecule is O=C(CSc1nnc(-c2c[nH]c3ccccc23)n1-c1ccccc1)Nc1ccccc1Sc1ccc(Cl)cc1. The van der Waals surface area contributed by atoms with Gasteiger partial charge in [0.1, 0.15) is 0 Å². The molecular formula is C30H22ClN5OS2. The minimum Gasteiger partial charge on any atom is -0.360 e. The van der Waals surface area contributed by atoms with Crippen molar-refractivity contribution in [1.29, 1.82) is 0 Å². The van der Waals surface area contributed by atoms with Crippen molar-refractivity contribution in [2.45, 2.75) is 14.9 Å². The predicted molar refractivity (Wildman–Crippen MR) is 160 cm³/mol. The number of aromatic amines is 1. The first kappa shape index (κ1) is 25.3. The number of nitrogens with one attached hydrogen (secondary N) is 2. The molecule has 0 aliphatic rings. The number of anilines is 1. The maximum Gasteiger partial charge on any atom is 0.234 e. The van der Waals surface area contributed by atoms with E-state index >= 15 is 0 Å². The van der Waals surface area contributed by atoms with Crippen LogP contribution in [-0.4, -0.2) is 31.4 Å². The lowest BCUT2D eigenvalue weighted by atomic mass is 10.1. The maximum atomic E-state index is 13.1. The Hall–Kier alpha value is -3.98. The standard InChI is InChI=1S/C30H22ClN5OS2/c31-20-14-16-22(17-15-20)39-27-13-7-6-12-26(27)33-28(37)19-38-30-35-34-29(36(30)21-8-2-1-3-9-21)24-18-32-25-11-5-4-10-23(24)25/h1-18,32H,19H2,(H,33,37). The van der Waals surface area contributed by atoms with E-state index < -0.39 is 0 Å². The summed E-state index contributed by atoms with van der Waals surface area (Å²) in [6.45, 7) is 0. The van der Waals surface area contributed by atoms with E-state index in [4.69, 9.17) is 11.6 Å². The zero-order chi connectivity index (χ0) is 26.6. The zero-order valence-electron chi connectivity index (χ0n) is 20.5. The van der Waals surface area contributed by atoms with Gasteiger partial charge in [-0.25, -0.2) is 0 Å². The molecule has 0 aliphatic carbocycles. The third-order valence-corrected chi connectivity index (χ3v) is 8.28. The van der Waals surface area contributed by atoms with Crippen molar-refractivity contribution in [3.05, 3.63) is 114 Å². The van der Waals surface area contributed by atoms with Crippen molar-refractivity contribution in [2.75, 3.05) is 11.1 Å². The van der Waals surface area contributed by atoms with Gasteiger partial charge < -0.3 is 10.3 Å². The molecule has 0 fully saturated rings. The molecule has 0 bridgehead atoms. The van der Waals surface area contributed by atoms with Crippen molar-refractivity contribution in [3.63, 3.8) is 0 Å². The molecule has 0 saturated carbocycles. The number of hydrogen-bond acceptors (Lipinski definition) is 5. The third kappa shape index (κ3) is 5.59. The molecule has 9 heteroatoms. The van der Waals surface area contributed by atoms with Gasteiger partial charge in [0.15, 0.2) is 11.0 Å². The van der Waals surface area contributed by atoms with Gasteiger partial charge in [0.05, 0.1) is 11.4 Å². The number of halogens is 1. The van der Waals surface area contributed by atoms with Gasteiger partial charge in [0.25, 0.3) is 0 Å². The molecule has 0 aliphatic heterocycles. The number of H-pyrrole nitrogens is 1. The largest absolute Gasteiger partial charge is 0.360 e. The van der Waals surface area contributed by atoms with E-state index in [0.29, 0.717) is 16.0 Å². The maximum absolute atomic E-state index is 13.1. The number of carbonyl (C=O) groups is 1. The number of para-hydroxylation sites is 3. The summed E-state index contributed by atoms with van der Waals surface area (Å²) in [5.74, 6) is 0.769. The molecule has 2 aromatic heterocycles. The Morgan fingerprint density at radius 2 is 1.62 bits per heavy atom. The van der Waals surface area contributed by atoms with Crippen LogP contribution in [0, 0.1) is 0 Å². The van der Waals surface area contributed by atoms with Crippen LogP contribution in [0.5, 0.6) is 0 Å². The average Bonchev–Trinajstić information content (AvgIpc) is 3.59. The molecule has 2 heterocycles. The van der Waals surface area contributed by atoms with E-state index in [1.165, 1.54) is 11.8 Å². The van der Waals surface area contributed by atoms with Crippen LogP contribution in [0.4, 0.5) is 5.69 Å². The van der Waals surface area contributed by atoms with Crippen LogP contribution in [-0.2, 0) is 4.79 Å². The average molecular weight is 568 g/mol. The van der Waals surface area contributed by atoms with E-state index in [-0.39, 0.29) is 11.7 Å². The molecule has 4 aromatic carbocycles. The molecule has 6 aromatic rings. The Bertz CT molecular complexity index is 1750. The number of carbonyl (C=O) groups excluding carboxylic acids is 1. The number of fused-ring (bicyclic) bond motifs is 1. The fourth-order valence-corrected chi connectivity index (χ4v) is 5.99. The monoisotopic (exact) mass is 567 g/mol. The van der Waals surface area contributed by atoms with Crippen molar-refractivity contribution in [1.82, 2.24) is 19.7 Å². The minimum absolute atomic E-state index is 0.125. The van der Waals surface area contributed by atoms with Crippen LogP contribution in [0.3, 0.4) is 0 Å². The van der Waals surface area contributed by atoms with E-state index in [2.05, 4.69) is 26.6 Å². The number of aromatic nitrogens is 4. The molecular weight excluding hydrogens is 546 g/mol. The molecule has 6 nitrogen and oxygen atoms in total. The lowest BCUT2D eigenvalue weighted by Crippen LogP contribution is -2.15. The van der Waals surface area contributed by atoms with E-state index in [1.54, 1.807) is 11.8 Å². The summed E-state index contributed by atoms with van der Waals surface area (Å²) in [5, 5.41) is 14.5. The Morgan fingerprint density at radius 1 is 0.872 bits per heavy atom. The Balaban J connectivity index is 1.23. The highest BCUT2D eigenvalue weighted by molar-refractivity contribution is 8.00. The molecule has 0 radical (unpaired) electrons. The van der Waals surface area contributed by atoms with Gasteiger partial charge in [-0.1, -0.05) is 83.7 Å². The fraction of sp³-hybridized carbons (Fsp3) is 0.0333. The van der Waals surface area contributed by atoms with Crippen molar-refractivity contribution in [2.24, 2.45) is 0 Å². The summed E-state index contributed by atoms with van der Waals surface area (Å²) in [6.07, 6.45) is 1.95. The minimum atomic E-state index is -0.125. The number of benzene rings is 4. The van der Waals surface area contributed by atoms with Gasteiger partial charge in [-0.2, -0.15) is 0 Å². The summed E-state index contributed by atoms with van der Waals surface area (Å²) in [5.41, 5.74) is 3.66. The van der Waals surface area contributed by atoms with Crippen LogP contribution < -0.4 is 5.32 Å². The van der Waals surface area contributed by atoms with Crippen molar-refractivity contribution < 1.29 is 4.79 Å². The first-order valence-corrected chi connectivity index (χ1v) is 14.4. The van der Waals surface area contributed by atoms with Gasteiger partial charge >= 0.3 is 0 Å². The van der Waals surface area contributed by atoms with Crippen LogP contribution in [0.15, 0.2) is 124 Å². The van der Waals surface area contributed by atoms with Crippen LogP contribution >= 0.6 is 35.1 Å². The van der Waals surface area contributed by atoms with Gasteiger partial charge in [-0.15, -0.1) is 10.2 Å². The highest BCUT2D eigenvalue weighted by atomic mass is 35.5. The second-order valence-corrected chi connectivity index (χ2v) is 11.1. The first-order chi connectivity index (χ1) is 19.2. The second kappa shape index (κ2) is 11.4. The lowest BCUT2D eigenvalue weighted by Gasteiger charge is -2.12. The second-order valence-electron chi connectivity index (χ2n) is 8.61. The normalized spacial score (nSPS) is 11.1. The van der Waals surface area contributed by atoms with Crippen LogP contribution in [0.1, 0.15) is 0 Å². The smallest absolute Gasteiger partial charge is 0.234 e. The molecule has 1 amide bonds. The zero-order valence-corrected chi connectivity index (χ0v) is 22.9. The topological polar surface area (TPSA) is 75.6 Å². The fourth-order valence-electron chi connectivity index (χ4n) is 4.21. The van der Waals surface area contributed by atoms with E-state index in [1.807, 2.05) is 108 Å².